The molecule has 1 aromatic heterocycles. The van der Waals surface area contributed by atoms with Crippen molar-refractivity contribution in [1.29, 1.82) is 0 Å². The number of aromatic nitrogens is 1. The summed E-state index contributed by atoms with van der Waals surface area (Å²) in [4.78, 5) is 27.7. The van der Waals surface area contributed by atoms with E-state index in [1.165, 1.54) is 30.9 Å². The number of carbonyl (C=O) groups excluding carboxylic acids is 2. The fourth-order valence-corrected chi connectivity index (χ4v) is 2.79. The van der Waals surface area contributed by atoms with Crippen molar-refractivity contribution >= 4 is 23.1 Å². The number of hydrogen-bond acceptors (Lipinski definition) is 5. The molecular weight excluding hydrogens is 274 g/mol. The van der Waals surface area contributed by atoms with Crippen molar-refractivity contribution < 1.29 is 14.3 Å². The number of aryl methyl sites for hydroxylation is 2. The van der Waals surface area contributed by atoms with Crippen molar-refractivity contribution in [2.24, 2.45) is 0 Å². The molecule has 4 nitrogen and oxygen atoms in total. The van der Waals surface area contributed by atoms with Gasteiger partial charge in [0.25, 0.3) is 0 Å². The monoisotopic (exact) mass is 289 g/mol. The average Bonchev–Trinajstić information content (AvgIpc) is 2.90. The lowest BCUT2D eigenvalue weighted by molar-refractivity contribution is 0.0591. The number of nitrogens with zero attached hydrogens (tertiary/aromatic N) is 1. The Morgan fingerprint density at radius 1 is 1.20 bits per heavy atom. The lowest BCUT2D eigenvalue weighted by Gasteiger charge is -1.97. The summed E-state index contributed by atoms with van der Waals surface area (Å²) in [6.45, 7) is 1.43. The van der Waals surface area contributed by atoms with E-state index in [4.69, 9.17) is 0 Å². The number of hydrogen-bond donors (Lipinski definition) is 0. The van der Waals surface area contributed by atoms with E-state index in [9.17, 15) is 9.59 Å². The largest absolute Gasteiger partial charge is 0.464 e. The third-order valence-electron chi connectivity index (χ3n) is 2.84. The topological polar surface area (TPSA) is 56.3 Å². The minimum Gasteiger partial charge on any atom is -0.464 e. The van der Waals surface area contributed by atoms with Crippen LogP contribution in [-0.2, 0) is 17.6 Å². The van der Waals surface area contributed by atoms with Gasteiger partial charge in [0.2, 0.25) is 0 Å². The predicted molar refractivity (Wildman–Crippen MR) is 77.3 cm³/mol. The van der Waals surface area contributed by atoms with E-state index >= 15 is 0 Å². The van der Waals surface area contributed by atoms with E-state index in [2.05, 4.69) is 9.72 Å². The Morgan fingerprint density at radius 3 is 2.50 bits per heavy atom. The average molecular weight is 289 g/mol. The van der Waals surface area contributed by atoms with Crippen LogP contribution in [0.4, 0.5) is 0 Å². The lowest BCUT2D eigenvalue weighted by atomic mass is 10.1. The molecule has 0 spiro atoms. The van der Waals surface area contributed by atoms with Gasteiger partial charge in [0.15, 0.2) is 11.5 Å². The highest BCUT2D eigenvalue weighted by Crippen LogP contribution is 2.21. The summed E-state index contributed by atoms with van der Waals surface area (Å²) < 4.78 is 4.66. The SMILES string of the molecule is COC(=O)c1nc(CCc2ccccc2)sc1C(C)=O. The van der Waals surface area contributed by atoms with Crippen molar-refractivity contribution in [1.82, 2.24) is 4.98 Å². The van der Waals surface area contributed by atoms with Crippen LogP contribution in [0.1, 0.15) is 37.7 Å². The molecule has 0 aliphatic carbocycles. The zero-order valence-electron chi connectivity index (χ0n) is 11.4. The molecule has 104 valence electrons. The highest BCUT2D eigenvalue weighted by atomic mass is 32.1. The van der Waals surface area contributed by atoms with Crippen molar-refractivity contribution in [2.75, 3.05) is 7.11 Å². The van der Waals surface area contributed by atoms with Crippen molar-refractivity contribution in [3.63, 3.8) is 0 Å². The van der Waals surface area contributed by atoms with Crippen LogP contribution in [0.25, 0.3) is 0 Å². The molecule has 20 heavy (non-hydrogen) atoms. The third kappa shape index (κ3) is 3.30. The van der Waals surface area contributed by atoms with E-state index in [1.54, 1.807) is 0 Å². The van der Waals surface area contributed by atoms with E-state index in [0.29, 0.717) is 11.3 Å². The second kappa shape index (κ2) is 6.43. The molecule has 1 heterocycles. The Labute approximate surface area is 121 Å². The first-order valence-corrected chi connectivity index (χ1v) is 7.06. The number of benzene rings is 1. The maximum Gasteiger partial charge on any atom is 0.358 e. The van der Waals surface area contributed by atoms with Crippen LogP contribution in [0.3, 0.4) is 0 Å². The highest BCUT2D eigenvalue weighted by molar-refractivity contribution is 7.14. The molecule has 1 aromatic carbocycles. The van der Waals surface area contributed by atoms with Gasteiger partial charge in [0.1, 0.15) is 4.88 Å². The van der Waals surface area contributed by atoms with Crippen LogP contribution < -0.4 is 0 Å². The van der Waals surface area contributed by atoms with Crippen LogP contribution in [0.15, 0.2) is 30.3 Å². The number of rotatable bonds is 5. The zero-order valence-corrected chi connectivity index (χ0v) is 12.2. The molecular formula is C15H15NO3S. The second-order valence-corrected chi connectivity index (χ2v) is 5.40. The standard InChI is InChI=1S/C15H15NO3S/c1-10(17)14-13(15(18)19-2)16-12(20-14)9-8-11-6-4-3-5-7-11/h3-7H,8-9H2,1-2H3. The van der Waals surface area contributed by atoms with Gasteiger partial charge >= 0.3 is 5.97 Å². The van der Waals surface area contributed by atoms with Crippen LogP contribution in [-0.4, -0.2) is 23.8 Å². The summed E-state index contributed by atoms with van der Waals surface area (Å²) in [5.74, 6) is -0.716. The van der Waals surface area contributed by atoms with Gasteiger partial charge in [0.05, 0.1) is 12.1 Å². The summed E-state index contributed by atoms with van der Waals surface area (Å²) in [5, 5.41) is 0.777. The van der Waals surface area contributed by atoms with Gasteiger partial charge in [-0.15, -0.1) is 11.3 Å². The number of carbonyl (C=O) groups is 2. The first kappa shape index (κ1) is 14.4. The number of thiazole rings is 1. The predicted octanol–water partition coefficient (Wildman–Crippen LogP) is 2.92. The zero-order chi connectivity index (χ0) is 14.5. The molecule has 0 saturated carbocycles. The molecule has 5 heteroatoms. The Morgan fingerprint density at radius 2 is 1.90 bits per heavy atom. The van der Waals surface area contributed by atoms with E-state index in [-0.39, 0.29) is 11.5 Å². The number of ketones is 1. The van der Waals surface area contributed by atoms with E-state index in [0.717, 1.165) is 11.4 Å². The van der Waals surface area contributed by atoms with Crippen molar-refractivity contribution in [2.45, 2.75) is 19.8 Å². The molecule has 0 aliphatic rings. The number of methoxy groups -OCH3 is 1. The van der Waals surface area contributed by atoms with Gasteiger partial charge in [-0.2, -0.15) is 0 Å². The smallest absolute Gasteiger partial charge is 0.358 e. The normalized spacial score (nSPS) is 10.3. The molecule has 0 radical (unpaired) electrons. The van der Waals surface area contributed by atoms with Gasteiger partial charge in [0, 0.05) is 13.3 Å². The molecule has 0 amide bonds. The summed E-state index contributed by atoms with van der Waals surface area (Å²) in [6.07, 6.45) is 1.53. The van der Waals surface area contributed by atoms with Crippen LogP contribution in [0.5, 0.6) is 0 Å². The molecule has 2 aromatic rings. The quantitative estimate of drug-likeness (QED) is 0.627. The first-order valence-electron chi connectivity index (χ1n) is 6.24. The minimum atomic E-state index is -0.558. The van der Waals surface area contributed by atoms with Gasteiger partial charge in [-0.3, -0.25) is 4.79 Å². The Balaban J connectivity index is 2.17. The summed E-state index contributed by atoms with van der Waals surface area (Å²) in [5.41, 5.74) is 1.33. The molecule has 0 aliphatic heterocycles. The fourth-order valence-electron chi connectivity index (χ4n) is 1.84. The van der Waals surface area contributed by atoms with Crippen molar-refractivity contribution in [3.8, 4) is 0 Å². The van der Waals surface area contributed by atoms with Crippen LogP contribution >= 0.6 is 11.3 Å². The van der Waals surface area contributed by atoms with Crippen LogP contribution in [0, 0.1) is 0 Å². The van der Waals surface area contributed by atoms with Gasteiger partial charge in [-0.05, 0) is 12.0 Å². The minimum absolute atomic E-state index is 0.132. The summed E-state index contributed by atoms with van der Waals surface area (Å²) >= 11 is 1.27. The van der Waals surface area contributed by atoms with Crippen molar-refractivity contribution in [3.05, 3.63) is 51.5 Å². The molecule has 0 atom stereocenters. The maximum absolute atomic E-state index is 11.6. The van der Waals surface area contributed by atoms with Crippen LogP contribution in [0.2, 0.25) is 0 Å². The lowest BCUT2D eigenvalue weighted by Crippen LogP contribution is -2.07. The maximum atomic E-state index is 11.6. The van der Waals surface area contributed by atoms with Gasteiger partial charge in [-0.25, -0.2) is 9.78 Å². The second-order valence-electron chi connectivity index (χ2n) is 4.32. The molecule has 0 fully saturated rings. The number of esters is 1. The Hall–Kier alpha value is -2.01. The molecule has 0 bridgehead atoms. The first-order chi connectivity index (χ1) is 9.61. The number of ether oxygens (including phenoxy) is 1. The molecule has 0 saturated heterocycles. The Kier molecular flexibility index (Phi) is 4.63. The van der Waals surface area contributed by atoms with E-state index < -0.39 is 5.97 Å². The third-order valence-corrected chi connectivity index (χ3v) is 4.06. The molecule has 2 rings (SSSR count). The fraction of sp³-hybridized carbons (Fsp3) is 0.267. The van der Waals surface area contributed by atoms with E-state index in [1.807, 2.05) is 30.3 Å². The molecule has 0 unspecified atom stereocenters. The summed E-state index contributed by atoms with van der Waals surface area (Å²) in [7, 11) is 1.29. The Bertz CT molecular complexity index is 619. The number of Topliss-reactive ketones (excluding diaryl/α,β-unsaturated/α-hetero) is 1. The highest BCUT2D eigenvalue weighted by Gasteiger charge is 2.21. The van der Waals surface area contributed by atoms with Gasteiger partial charge in [-0.1, -0.05) is 30.3 Å². The molecule has 0 N–H and O–H groups in total. The summed E-state index contributed by atoms with van der Waals surface area (Å²) in [6, 6.07) is 10.0. The van der Waals surface area contributed by atoms with Gasteiger partial charge < -0.3 is 4.74 Å².